The van der Waals surface area contributed by atoms with Crippen LogP contribution in [0.5, 0.6) is 0 Å². The van der Waals surface area contributed by atoms with Crippen LogP contribution in [0.1, 0.15) is 85.8 Å². The van der Waals surface area contributed by atoms with E-state index < -0.39 is 93.5 Å². The third kappa shape index (κ3) is 3.95. The number of carbonyl (C=O) groups excluding carboxylic acids is 4. The molecule has 4 heterocycles. The zero-order valence-electron chi connectivity index (χ0n) is 27.2. The van der Waals surface area contributed by atoms with Gasteiger partial charge in [0.15, 0.2) is 5.79 Å². The predicted molar refractivity (Wildman–Crippen MR) is 156 cm³/mol. The van der Waals surface area contributed by atoms with Gasteiger partial charge >= 0.3 is 23.9 Å². The SMILES string of the molecule is CC[C@@H](C)C(=O)O[C@H]1[C@H]2[C@H](OC(C)=O)[C@]34O[C@@]2(O)[C@](C)([C@H](CC(=O)OC)C1(C)C)[C@@H]3CC[C@@]1(C)C4=CC(=O)O[C@@H]1c1ccoc1. The lowest BCUT2D eigenvalue weighted by molar-refractivity contribution is -0.326. The minimum absolute atomic E-state index is 0.0728. The topological polar surface area (TPSA) is 148 Å². The summed E-state index contributed by atoms with van der Waals surface area (Å²) < 4.78 is 35.8. The van der Waals surface area contributed by atoms with Crippen LogP contribution in [0.25, 0.3) is 0 Å². The van der Waals surface area contributed by atoms with Crippen molar-refractivity contribution in [2.45, 2.75) is 104 Å². The van der Waals surface area contributed by atoms with Crippen LogP contribution in [0.4, 0.5) is 0 Å². The average Bonchev–Trinajstić information content (AvgIpc) is 3.64. The van der Waals surface area contributed by atoms with Gasteiger partial charge in [0, 0.05) is 47.1 Å². The third-order valence-corrected chi connectivity index (χ3v) is 12.3. The Balaban J connectivity index is 1.61. The summed E-state index contributed by atoms with van der Waals surface area (Å²) in [6.45, 7) is 12.7. The molecule has 2 aliphatic carbocycles. The van der Waals surface area contributed by atoms with Gasteiger partial charge in [-0.25, -0.2) is 4.79 Å². The molecule has 246 valence electrons. The molecule has 6 rings (SSSR count). The number of aliphatic hydroxyl groups is 1. The average molecular weight is 629 g/mol. The van der Waals surface area contributed by atoms with Gasteiger partial charge in [-0.1, -0.05) is 41.5 Å². The van der Waals surface area contributed by atoms with E-state index in [4.69, 9.17) is 28.1 Å². The molecule has 1 aromatic rings. The molecule has 11 atom stereocenters. The van der Waals surface area contributed by atoms with Crippen LogP contribution in [0.3, 0.4) is 0 Å². The second-order valence-electron chi connectivity index (χ2n) is 14.7. The Morgan fingerprint density at radius 2 is 1.84 bits per heavy atom. The van der Waals surface area contributed by atoms with Crippen molar-refractivity contribution in [2.24, 2.45) is 39.9 Å². The molecule has 11 nitrogen and oxygen atoms in total. The smallest absolute Gasteiger partial charge is 0.331 e. The Hall–Kier alpha value is -3.18. The molecule has 5 aliphatic rings. The molecular formula is C34H44O11. The van der Waals surface area contributed by atoms with E-state index in [0.717, 1.165) is 0 Å². The molecule has 1 aromatic heterocycles. The second kappa shape index (κ2) is 10.2. The number of fused-ring (bicyclic) bond motifs is 2. The Morgan fingerprint density at radius 3 is 2.44 bits per heavy atom. The highest BCUT2D eigenvalue weighted by molar-refractivity contribution is 5.85. The van der Waals surface area contributed by atoms with Crippen molar-refractivity contribution in [3.63, 3.8) is 0 Å². The fraction of sp³-hybridized carbons (Fsp3) is 0.706. The quantitative estimate of drug-likeness (QED) is 0.338. The lowest BCUT2D eigenvalue weighted by Crippen LogP contribution is -2.76. The van der Waals surface area contributed by atoms with E-state index in [1.807, 2.05) is 34.6 Å². The summed E-state index contributed by atoms with van der Waals surface area (Å²) in [7, 11) is 1.31. The minimum Gasteiger partial charge on any atom is -0.472 e. The van der Waals surface area contributed by atoms with Crippen molar-refractivity contribution in [1.82, 2.24) is 0 Å². The lowest BCUT2D eigenvalue weighted by atomic mass is 9.37. The zero-order chi connectivity index (χ0) is 32.9. The van der Waals surface area contributed by atoms with Gasteiger partial charge in [0.05, 0.1) is 31.5 Å². The van der Waals surface area contributed by atoms with Crippen LogP contribution in [0, 0.1) is 39.9 Å². The van der Waals surface area contributed by atoms with Crippen molar-refractivity contribution in [1.29, 1.82) is 0 Å². The van der Waals surface area contributed by atoms with E-state index in [1.54, 1.807) is 13.0 Å². The molecule has 45 heavy (non-hydrogen) atoms. The summed E-state index contributed by atoms with van der Waals surface area (Å²) >= 11 is 0. The normalized spacial score (nSPS) is 42.9. The maximum Gasteiger partial charge on any atom is 0.331 e. The number of carbonyl (C=O) groups is 4. The molecule has 1 N–H and O–H groups in total. The number of rotatable bonds is 7. The number of cyclic esters (lactones) is 1. The van der Waals surface area contributed by atoms with Gasteiger partial charge in [-0.3, -0.25) is 14.4 Å². The summed E-state index contributed by atoms with van der Waals surface area (Å²) in [5, 5.41) is 13.0. The van der Waals surface area contributed by atoms with Crippen molar-refractivity contribution in [3.05, 3.63) is 35.8 Å². The van der Waals surface area contributed by atoms with Gasteiger partial charge in [0.2, 0.25) is 0 Å². The molecule has 2 saturated heterocycles. The number of methoxy groups -OCH3 is 1. The van der Waals surface area contributed by atoms with E-state index in [-0.39, 0.29) is 6.42 Å². The van der Waals surface area contributed by atoms with E-state index in [9.17, 15) is 24.3 Å². The summed E-state index contributed by atoms with van der Waals surface area (Å²) in [6, 6.07) is 1.75. The van der Waals surface area contributed by atoms with Crippen molar-refractivity contribution < 1.29 is 52.4 Å². The Kier molecular flexibility index (Phi) is 7.18. The number of esters is 4. The van der Waals surface area contributed by atoms with Gasteiger partial charge in [-0.2, -0.15) is 0 Å². The molecule has 2 saturated carbocycles. The minimum atomic E-state index is -2.01. The lowest BCUT2D eigenvalue weighted by Gasteiger charge is -2.67. The number of ether oxygens (including phenoxy) is 5. The molecule has 0 amide bonds. The highest BCUT2D eigenvalue weighted by Crippen LogP contribution is 2.81. The molecule has 1 spiro atoms. The number of furan rings is 1. The predicted octanol–water partition coefficient (Wildman–Crippen LogP) is 4.42. The van der Waals surface area contributed by atoms with Crippen molar-refractivity contribution >= 4 is 23.9 Å². The molecule has 2 bridgehead atoms. The van der Waals surface area contributed by atoms with Crippen LogP contribution in [0.15, 0.2) is 34.7 Å². The fourth-order valence-corrected chi connectivity index (χ4v) is 10.0. The standard InChI is InChI=1S/C34H44O11/c1-9-17(2)29(38)44-27-25-28(42-18(3)35)33-20(32(7,34(25,39)45-33)21(30(27,4)5)14-23(36)40-8)10-12-31(6)22(33)15-24(37)43-26(31)19-11-13-41-16-19/h11,13,15-17,20-21,25-28,39H,9-10,12,14H2,1-8H3/t17-,20+,21-,25+,26-,27+,28+,31+,32+,33+,34-/m1/s1. The summed E-state index contributed by atoms with van der Waals surface area (Å²) in [5.41, 5.74) is -3.11. The molecule has 0 unspecified atom stereocenters. The Bertz CT molecular complexity index is 1450. The first-order valence-corrected chi connectivity index (χ1v) is 15.9. The molecular weight excluding hydrogens is 584 g/mol. The summed E-state index contributed by atoms with van der Waals surface area (Å²) in [6.07, 6.45) is 3.08. The van der Waals surface area contributed by atoms with Crippen molar-refractivity contribution in [2.75, 3.05) is 7.11 Å². The van der Waals surface area contributed by atoms with E-state index in [2.05, 4.69) is 0 Å². The number of hydrogen-bond donors (Lipinski definition) is 1. The maximum atomic E-state index is 13.5. The first kappa shape index (κ1) is 31.8. The first-order valence-electron chi connectivity index (χ1n) is 15.9. The van der Waals surface area contributed by atoms with Crippen molar-refractivity contribution in [3.8, 4) is 0 Å². The van der Waals surface area contributed by atoms with Gasteiger partial charge in [-0.05, 0) is 36.8 Å². The fourth-order valence-electron chi connectivity index (χ4n) is 10.0. The third-order valence-electron chi connectivity index (χ3n) is 12.3. The van der Waals surface area contributed by atoms with E-state index in [1.165, 1.54) is 32.6 Å². The van der Waals surface area contributed by atoms with E-state index >= 15 is 0 Å². The van der Waals surface area contributed by atoms with Crippen LogP contribution >= 0.6 is 0 Å². The maximum absolute atomic E-state index is 13.5. The number of hydrogen-bond acceptors (Lipinski definition) is 11. The molecule has 11 heteroatoms. The largest absolute Gasteiger partial charge is 0.472 e. The Morgan fingerprint density at radius 1 is 1.13 bits per heavy atom. The van der Waals surface area contributed by atoms with Gasteiger partial charge in [0.25, 0.3) is 0 Å². The monoisotopic (exact) mass is 628 g/mol. The zero-order valence-corrected chi connectivity index (χ0v) is 27.2. The Labute approximate surface area is 262 Å². The highest BCUT2D eigenvalue weighted by Gasteiger charge is 2.90. The first-order chi connectivity index (χ1) is 21.0. The van der Waals surface area contributed by atoms with Crippen LogP contribution in [-0.2, 0) is 42.9 Å². The van der Waals surface area contributed by atoms with Gasteiger partial charge in [-0.15, -0.1) is 0 Å². The van der Waals surface area contributed by atoms with Crippen LogP contribution < -0.4 is 0 Å². The molecule has 4 fully saturated rings. The van der Waals surface area contributed by atoms with E-state index in [0.29, 0.717) is 30.4 Å². The summed E-state index contributed by atoms with van der Waals surface area (Å²) in [4.78, 5) is 52.7. The highest BCUT2D eigenvalue weighted by atomic mass is 16.7. The van der Waals surface area contributed by atoms with Crippen LogP contribution in [0.2, 0.25) is 0 Å². The van der Waals surface area contributed by atoms with Gasteiger partial charge in [0.1, 0.15) is 23.9 Å². The van der Waals surface area contributed by atoms with Gasteiger partial charge < -0.3 is 33.2 Å². The molecule has 0 radical (unpaired) electrons. The summed E-state index contributed by atoms with van der Waals surface area (Å²) in [5.74, 6) is -6.71. The van der Waals surface area contributed by atoms with Crippen LogP contribution in [-0.4, -0.2) is 59.7 Å². The molecule has 0 aromatic carbocycles. The second-order valence-corrected chi connectivity index (χ2v) is 14.7. The molecule has 3 aliphatic heterocycles.